The van der Waals surface area contributed by atoms with Gasteiger partial charge in [0.05, 0.1) is 37.2 Å². The fourth-order valence-corrected chi connectivity index (χ4v) is 2.53. The molecule has 20 heavy (non-hydrogen) atoms. The Labute approximate surface area is 121 Å². The SMILES string of the molecule is CC(C)c1csc(CNC(=O)c2cnn(CCO)c2)n1. The third-order valence-electron chi connectivity index (χ3n) is 2.79. The van der Waals surface area contributed by atoms with E-state index in [4.69, 9.17) is 5.11 Å². The van der Waals surface area contributed by atoms with Crippen LogP contribution in [0.2, 0.25) is 0 Å². The monoisotopic (exact) mass is 294 g/mol. The lowest BCUT2D eigenvalue weighted by Crippen LogP contribution is -2.22. The molecule has 0 aliphatic rings. The Balaban J connectivity index is 1.90. The van der Waals surface area contributed by atoms with Gasteiger partial charge in [0.15, 0.2) is 0 Å². The molecular weight excluding hydrogens is 276 g/mol. The van der Waals surface area contributed by atoms with E-state index >= 15 is 0 Å². The van der Waals surface area contributed by atoms with Crippen molar-refractivity contribution in [1.82, 2.24) is 20.1 Å². The molecule has 6 nitrogen and oxygen atoms in total. The predicted octanol–water partition coefficient (Wildman–Crippen LogP) is 1.39. The summed E-state index contributed by atoms with van der Waals surface area (Å²) in [4.78, 5) is 16.4. The Morgan fingerprint density at radius 1 is 1.55 bits per heavy atom. The van der Waals surface area contributed by atoms with Crippen molar-refractivity contribution in [1.29, 1.82) is 0 Å². The van der Waals surface area contributed by atoms with Crippen LogP contribution < -0.4 is 5.32 Å². The summed E-state index contributed by atoms with van der Waals surface area (Å²) in [5.41, 5.74) is 1.54. The first-order chi connectivity index (χ1) is 9.60. The van der Waals surface area contributed by atoms with Gasteiger partial charge < -0.3 is 10.4 Å². The van der Waals surface area contributed by atoms with Crippen LogP contribution in [0.1, 0.15) is 40.8 Å². The van der Waals surface area contributed by atoms with Gasteiger partial charge in [-0.15, -0.1) is 11.3 Å². The van der Waals surface area contributed by atoms with Crippen LogP contribution in [0, 0.1) is 0 Å². The summed E-state index contributed by atoms with van der Waals surface area (Å²) < 4.78 is 1.54. The van der Waals surface area contributed by atoms with Gasteiger partial charge in [-0.25, -0.2) is 4.98 Å². The number of amides is 1. The molecule has 0 fully saturated rings. The normalized spacial score (nSPS) is 11.0. The molecule has 2 N–H and O–H groups in total. The number of carbonyl (C=O) groups excluding carboxylic acids is 1. The van der Waals surface area contributed by atoms with Gasteiger partial charge in [0.1, 0.15) is 5.01 Å². The van der Waals surface area contributed by atoms with E-state index in [9.17, 15) is 4.79 Å². The number of aliphatic hydroxyl groups excluding tert-OH is 1. The molecule has 0 aromatic carbocycles. The first-order valence-corrected chi connectivity index (χ1v) is 7.34. The lowest BCUT2D eigenvalue weighted by atomic mass is 10.2. The van der Waals surface area contributed by atoms with Crippen LogP contribution in [0.15, 0.2) is 17.8 Å². The maximum atomic E-state index is 11.9. The molecule has 0 radical (unpaired) electrons. The number of hydrogen-bond acceptors (Lipinski definition) is 5. The van der Waals surface area contributed by atoms with Crippen LogP contribution in [0.25, 0.3) is 0 Å². The average molecular weight is 294 g/mol. The minimum absolute atomic E-state index is 0.000165. The topological polar surface area (TPSA) is 80.0 Å². The van der Waals surface area contributed by atoms with Gasteiger partial charge in [-0.05, 0) is 5.92 Å². The Kier molecular flexibility index (Phi) is 4.86. The number of nitrogens with zero attached hydrogens (tertiary/aromatic N) is 3. The van der Waals surface area contributed by atoms with Gasteiger partial charge >= 0.3 is 0 Å². The highest BCUT2D eigenvalue weighted by atomic mass is 32.1. The van der Waals surface area contributed by atoms with Gasteiger partial charge in [-0.3, -0.25) is 9.48 Å². The second-order valence-corrected chi connectivity index (χ2v) is 5.66. The van der Waals surface area contributed by atoms with Gasteiger partial charge in [0.25, 0.3) is 5.91 Å². The summed E-state index contributed by atoms with van der Waals surface area (Å²) in [6, 6.07) is 0. The van der Waals surface area contributed by atoms with Crippen molar-refractivity contribution in [2.45, 2.75) is 32.9 Å². The van der Waals surface area contributed by atoms with Crippen molar-refractivity contribution in [2.75, 3.05) is 6.61 Å². The summed E-state index contributed by atoms with van der Waals surface area (Å²) >= 11 is 1.55. The van der Waals surface area contributed by atoms with Crippen LogP contribution in [-0.2, 0) is 13.1 Å². The molecule has 108 valence electrons. The van der Waals surface area contributed by atoms with E-state index < -0.39 is 0 Å². The van der Waals surface area contributed by atoms with Crippen LogP contribution >= 0.6 is 11.3 Å². The fraction of sp³-hybridized carbons (Fsp3) is 0.462. The van der Waals surface area contributed by atoms with Crippen molar-refractivity contribution in [3.05, 3.63) is 34.0 Å². The largest absolute Gasteiger partial charge is 0.394 e. The Morgan fingerprint density at radius 3 is 3.00 bits per heavy atom. The molecule has 0 saturated heterocycles. The molecule has 1 amide bonds. The fourth-order valence-electron chi connectivity index (χ4n) is 1.63. The molecule has 2 heterocycles. The molecule has 0 bridgehead atoms. The minimum atomic E-state index is -0.185. The third kappa shape index (κ3) is 3.64. The lowest BCUT2D eigenvalue weighted by Gasteiger charge is -2.01. The van der Waals surface area contributed by atoms with E-state index in [0.717, 1.165) is 10.7 Å². The molecule has 2 aromatic heterocycles. The number of thiazole rings is 1. The standard InChI is InChI=1S/C13H18N4O2S/c1-9(2)11-8-20-12(16-11)6-14-13(19)10-5-15-17(7-10)3-4-18/h5,7-9,18H,3-4,6H2,1-2H3,(H,14,19). The second-order valence-electron chi connectivity index (χ2n) is 4.72. The first kappa shape index (κ1) is 14.7. The zero-order valence-corrected chi connectivity index (χ0v) is 12.4. The summed E-state index contributed by atoms with van der Waals surface area (Å²) in [5.74, 6) is 0.211. The van der Waals surface area contributed by atoms with Crippen molar-refractivity contribution >= 4 is 17.2 Å². The Morgan fingerprint density at radius 2 is 2.35 bits per heavy atom. The smallest absolute Gasteiger partial charge is 0.254 e. The molecule has 0 saturated carbocycles. The summed E-state index contributed by atoms with van der Waals surface area (Å²) in [7, 11) is 0. The number of rotatable bonds is 6. The molecule has 0 atom stereocenters. The molecule has 2 rings (SSSR count). The van der Waals surface area contributed by atoms with E-state index in [2.05, 4.69) is 29.2 Å². The number of aromatic nitrogens is 3. The van der Waals surface area contributed by atoms with Gasteiger partial charge in [-0.1, -0.05) is 13.8 Å². The lowest BCUT2D eigenvalue weighted by molar-refractivity contribution is 0.0950. The van der Waals surface area contributed by atoms with E-state index in [0.29, 0.717) is 24.6 Å². The molecule has 7 heteroatoms. The van der Waals surface area contributed by atoms with Crippen LogP contribution in [-0.4, -0.2) is 32.4 Å². The summed E-state index contributed by atoms with van der Waals surface area (Å²) in [6.07, 6.45) is 3.11. The van der Waals surface area contributed by atoms with Gasteiger partial charge in [0, 0.05) is 11.6 Å². The van der Waals surface area contributed by atoms with Gasteiger partial charge in [0.2, 0.25) is 0 Å². The number of nitrogens with one attached hydrogen (secondary N) is 1. The van der Waals surface area contributed by atoms with E-state index in [-0.39, 0.29) is 12.5 Å². The zero-order chi connectivity index (χ0) is 14.5. The Hall–Kier alpha value is -1.73. The summed E-state index contributed by atoms with van der Waals surface area (Å²) in [5, 5.41) is 18.5. The molecule has 0 aliphatic carbocycles. The molecular formula is C13H18N4O2S. The number of hydrogen-bond donors (Lipinski definition) is 2. The number of aliphatic hydroxyl groups is 1. The highest BCUT2D eigenvalue weighted by Gasteiger charge is 2.10. The molecule has 0 aliphatic heterocycles. The number of carbonyl (C=O) groups is 1. The summed E-state index contributed by atoms with van der Waals surface area (Å²) in [6.45, 7) is 4.98. The maximum Gasteiger partial charge on any atom is 0.254 e. The Bertz CT molecular complexity index is 576. The van der Waals surface area contributed by atoms with Crippen molar-refractivity contribution in [3.63, 3.8) is 0 Å². The van der Waals surface area contributed by atoms with Crippen molar-refractivity contribution in [3.8, 4) is 0 Å². The first-order valence-electron chi connectivity index (χ1n) is 6.46. The van der Waals surface area contributed by atoms with Crippen LogP contribution in [0.3, 0.4) is 0 Å². The van der Waals surface area contributed by atoms with Crippen molar-refractivity contribution < 1.29 is 9.90 Å². The van der Waals surface area contributed by atoms with E-state index in [1.165, 1.54) is 10.9 Å². The minimum Gasteiger partial charge on any atom is -0.394 e. The molecule has 2 aromatic rings. The second kappa shape index (κ2) is 6.62. The maximum absolute atomic E-state index is 11.9. The van der Waals surface area contributed by atoms with Crippen LogP contribution in [0.5, 0.6) is 0 Å². The predicted molar refractivity (Wildman–Crippen MR) is 76.7 cm³/mol. The van der Waals surface area contributed by atoms with Gasteiger partial charge in [-0.2, -0.15) is 5.10 Å². The van der Waals surface area contributed by atoms with E-state index in [1.54, 1.807) is 17.5 Å². The average Bonchev–Trinajstić information content (AvgIpc) is 3.05. The highest BCUT2D eigenvalue weighted by Crippen LogP contribution is 2.17. The zero-order valence-electron chi connectivity index (χ0n) is 11.5. The third-order valence-corrected chi connectivity index (χ3v) is 3.65. The molecule has 0 spiro atoms. The highest BCUT2D eigenvalue weighted by molar-refractivity contribution is 7.09. The van der Waals surface area contributed by atoms with Crippen molar-refractivity contribution in [2.24, 2.45) is 0 Å². The van der Waals surface area contributed by atoms with E-state index in [1.807, 2.05) is 5.38 Å². The molecule has 0 unspecified atom stereocenters. The van der Waals surface area contributed by atoms with Crippen LogP contribution in [0.4, 0.5) is 0 Å². The quantitative estimate of drug-likeness (QED) is 0.843.